The number of thioether (sulfide) groups is 1. The summed E-state index contributed by atoms with van der Waals surface area (Å²) in [5.74, 6) is 1.84. The highest BCUT2D eigenvalue weighted by atomic mass is 32.2. The van der Waals surface area contributed by atoms with Gasteiger partial charge < -0.3 is 9.88 Å². The lowest BCUT2D eigenvalue weighted by Crippen LogP contribution is -2.19. The second-order valence-corrected chi connectivity index (χ2v) is 5.94. The van der Waals surface area contributed by atoms with Crippen LogP contribution in [-0.4, -0.2) is 21.3 Å². The van der Waals surface area contributed by atoms with Gasteiger partial charge in [0.15, 0.2) is 0 Å². The van der Waals surface area contributed by atoms with Crippen molar-refractivity contribution in [1.29, 1.82) is 0 Å². The quantitative estimate of drug-likeness (QED) is 0.795. The van der Waals surface area contributed by atoms with Crippen LogP contribution >= 0.6 is 11.8 Å². The normalized spacial score (nSPS) is 12.6. The molecule has 0 amide bonds. The van der Waals surface area contributed by atoms with Crippen LogP contribution in [0.1, 0.15) is 37.7 Å². The summed E-state index contributed by atoms with van der Waals surface area (Å²) in [6.45, 7) is 5.45. The highest BCUT2D eigenvalue weighted by Gasteiger charge is 2.06. The number of hydrogen-bond donors (Lipinski definition) is 1. The van der Waals surface area contributed by atoms with Gasteiger partial charge in [-0.05, 0) is 37.6 Å². The van der Waals surface area contributed by atoms with Crippen LogP contribution in [-0.2, 0) is 12.8 Å². The van der Waals surface area contributed by atoms with Gasteiger partial charge in [-0.1, -0.05) is 19.1 Å². The minimum atomic E-state index is 0.394. The summed E-state index contributed by atoms with van der Waals surface area (Å²) < 4.78 is 1.96. The largest absolute Gasteiger partial charge is 0.320 e. The fraction of sp³-hybridized carbons (Fsp3) is 0.467. The van der Waals surface area contributed by atoms with Crippen LogP contribution in [0, 0.1) is 0 Å². The van der Waals surface area contributed by atoms with Crippen molar-refractivity contribution in [2.75, 3.05) is 6.54 Å². The summed E-state index contributed by atoms with van der Waals surface area (Å²) in [4.78, 5) is 1.27. The van der Waals surface area contributed by atoms with Crippen molar-refractivity contribution in [3.63, 3.8) is 0 Å². The molecule has 20 heavy (non-hydrogen) atoms. The molecular weight excluding hydrogens is 268 g/mol. The molecule has 1 N–H and O–H groups in total. The molecule has 0 aliphatic heterocycles. The molecule has 5 heteroatoms. The van der Waals surface area contributed by atoms with E-state index >= 15 is 0 Å². The minimum Gasteiger partial charge on any atom is -0.320 e. The number of hydrogen-bond acceptors (Lipinski definition) is 4. The average Bonchev–Trinajstić information content (AvgIpc) is 2.88. The first kappa shape index (κ1) is 15.1. The molecule has 1 heterocycles. The zero-order valence-electron chi connectivity index (χ0n) is 12.3. The highest BCUT2D eigenvalue weighted by Crippen LogP contribution is 2.24. The molecule has 0 spiro atoms. The van der Waals surface area contributed by atoms with Gasteiger partial charge in [0.1, 0.15) is 12.2 Å². The Hall–Kier alpha value is -1.33. The highest BCUT2D eigenvalue weighted by molar-refractivity contribution is 7.98. The topological polar surface area (TPSA) is 42.7 Å². The van der Waals surface area contributed by atoms with Gasteiger partial charge in [0.05, 0.1) is 5.75 Å². The summed E-state index contributed by atoms with van der Waals surface area (Å²) in [7, 11) is 1.98. The predicted octanol–water partition coefficient (Wildman–Crippen LogP) is 3.17. The van der Waals surface area contributed by atoms with Crippen LogP contribution in [0.3, 0.4) is 0 Å². The first-order valence-corrected chi connectivity index (χ1v) is 7.98. The fourth-order valence-electron chi connectivity index (χ4n) is 1.94. The molecule has 2 rings (SSSR count). The second-order valence-electron chi connectivity index (χ2n) is 4.90. The van der Waals surface area contributed by atoms with E-state index in [4.69, 9.17) is 0 Å². The van der Waals surface area contributed by atoms with Crippen LogP contribution in [0.25, 0.3) is 0 Å². The van der Waals surface area contributed by atoms with Gasteiger partial charge in [0.25, 0.3) is 0 Å². The van der Waals surface area contributed by atoms with E-state index in [9.17, 15) is 0 Å². The van der Waals surface area contributed by atoms with Crippen molar-refractivity contribution in [1.82, 2.24) is 20.1 Å². The van der Waals surface area contributed by atoms with Gasteiger partial charge in [0.2, 0.25) is 0 Å². The van der Waals surface area contributed by atoms with Gasteiger partial charge in [0, 0.05) is 18.0 Å². The molecule has 1 atom stereocenters. The van der Waals surface area contributed by atoms with E-state index in [1.165, 1.54) is 10.5 Å². The third-order valence-electron chi connectivity index (χ3n) is 3.23. The van der Waals surface area contributed by atoms with E-state index in [1.807, 2.05) is 11.6 Å². The van der Waals surface area contributed by atoms with Crippen molar-refractivity contribution >= 4 is 11.8 Å². The lowest BCUT2D eigenvalue weighted by molar-refractivity contribution is 0.570. The van der Waals surface area contributed by atoms with Gasteiger partial charge in [-0.25, -0.2) is 0 Å². The summed E-state index contributed by atoms with van der Waals surface area (Å²) in [5.41, 5.74) is 1.33. The lowest BCUT2D eigenvalue weighted by Gasteiger charge is -2.14. The molecule has 1 aromatic heterocycles. The molecule has 2 aromatic rings. The Labute approximate surface area is 125 Å². The summed E-state index contributed by atoms with van der Waals surface area (Å²) in [5, 5.41) is 11.5. The maximum atomic E-state index is 4.11. The molecule has 0 radical (unpaired) electrons. The molecule has 1 aromatic carbocycles. The third-order valence-corrected chi connectivity index (χ3v) is 4.22. The van der Waals surface area contributed by atoms with Gasteiger partial charge in [-0.3, -0.25) is 0 Å². The zero-order chi connectivity index (χ0) is 14.4. The number of nitrogens with one attached hydrogen (secondary N) is 1. The molecule has 0 bridgehead atoms. The number of aromatic nitrogens is 3. The standard InChI is InChI=1S/C15H22N4S/c1-4-8-16-12(2)13-6-5-7-14(9-13)20-10-15-18-17-11-19(15)3/h5-7,9,11-12,16H,4,8,10H2,1-3H3. The predicted molar refractivity (Wildman–Crippen MR) is 83.7 cm³/mol. The maximum absolute atomic E-state index is 4.11. The fourth-order valence-corrected chi connectivity index (χ4v) is 2.89. The molecule has 1 unspecified atom stereocenters. The monoisotopic (exact) mass is 290 g/mol. The van der Waals surface area contributed by atoms with Gasteiger partial charge in [-0.15, -0.1) is 22.0 Å². The molecule has 0 aliphatic carbocycles. The van der Waals surface area contributed by atoms with Crippen molar-refractivity contribution < 1.29 is 0 Å². The molecule has 0 fully saturated rings. The van der Waals surface area contributed by atoms with Crippen molar-refractivity contribution in [3.8, 4) is 0 Å². The molecule has 0 saturated heterocycles. The van der Waals surface area contributed by atoms with E-state index in [2.05, 4.69) is 53.6 Å². The zero-order valence-corrected chi connectivity index (χ0v) is 13.2. The van der Waals surface area contributed by atoms with E-state index in [-0.39, 0.29) is 0 Å². The van der Waals surface area contributed by atoms with Gasteiger partial charge >= 0.3 is 0 Å². The van der Waals surface area contributed by atoms with Crippen LogP contribution in [0.5, 0.6) is 0 Å². The van der Waals surface area contributed by atoms with E-state index in [0.717, 1.165) is 24.5 Å². The third kappa shape index (κ3) is 4.08. The summed E-state index contributed by atoms with van der Waals surface area (Å²) in [6.07, 6.45) is 2.90. The minimum absolute atomic E-state index is 0.394. The SMILES string of the molecule is CCCNC(C)c1cccc(SCc2nncn2C)c1. The number of aryl methyl sites for hydroxylation is 1. The van der Waals surface area contributed by atoms with E-state index in [1.54, 1.807) is 18.1 Å². The van der Waals surface area contributed by atoms with E-state index in [0.29, 0.717) is 6.04 Å². The second kappa shape index (κ2) is 7.45. The maximum Gasteiger partial charge on any atom is 0.142 e. The van der Waals surface area contributed by atoms with Gasteiger partial charge in [-0.2, -0.15) is 0 Å². The summed E-state index contributed by atoms with van der Waals surface area (Å²) >= 11 is 1.80. The lowest BCUT2D eigenvalue weighted by atomic mass is 10.1. The molecular formula is C15H22N4S. The Bertz CT molecular complexity index is 538. The Morgan fingerprint density at radius 3 is 2.95 bits per heavy atom. The van der Waals surface area contributed by atoms with Crippen molar-refractivity contribution in [2.45, 2.75) is 37.0 Å². The Morgan fingerprint density at radius 1 is 1.40 bits per heavy atom. The Balaban J connectivity index is 1.97. The first-order valence-electron chi connectivity index (χ1n) is 6.99. The smallest absolute Gasteiger partial charge is 0.142 e. The van der Waals surface area contributed by atoms with Crippen LogP contribution in [0.4, 0.5) is 0 Å². The van der Waals surface area contributed by atoms with Crippen LogP contribution in [0.2, 0.25) is 0 Å². The molecule has 108 valence electrons. The Morgan fingerprint density at radius 2 is 2.25 bits per heavy atom. The summed E-state index contributed by atoms with van der Waals surface area (Å²) in [6, 6.07) is 9.11. The average molecular weight is 290 g/mol. The Kier molecular flexibility index (Phi) is 5.61. The first-order chi connectivity index (χ1) is 9.70. The number of benzene rings is 1. The number of nitrogens with zero attached hydrogens (tertiary/aromatic N) is 3. The molecule has 0 aliphatic rings. The van der Waals surface area contributed by atoms with Crippen LogP contribution < -0.4 is 5.32 Å². The molecule has 0 saturated carbocycles. The van der Waals surface area contributed by atoms with E-state index < -0.39 is 0 Å². The van der Waals surface area contributed by atoms with Crippen molar-refractivity contribution in [2.24, 2.45) is 7.05 Å². The van der Waals surface area contributed by atoms with Crippen LogP contribution in [0.15, 0.2) is 35.5 Å². The number of rotatable bonds is 7. The molecule has 4 nitrogen and oxygen atoms in total. The van der Waals surface area contributed by atoms with Crippen molar-refractivity contribution in [3.05, 3.63) is 42.0 Å².